The van der Waals surface area contributed by atoms with Crippen molar-refractivity contribution >= 4 is 37.8 Å². The molecular weight excluding hydrogens is 388 g/mol. The summed E-state index contributed by atoms with van der Waals surface area (Å²) in [7, 11) is 0. The highest BCUT2D eigenvalue weighted by Crippen LogP contribution is 2.22. The van der Waals surface area contributed by atoms with E-state index in [0.717, 1.165) is 20.3 Å². The summed E-state index contributed by atoms with van der Waals surface area (Å²) >= 11 is 6.81. The lowest BCUT2D eigenvalue weighted by atomic mass is 10.1. The van der Waals surface area contributed by atoms with Gasteiger partial charge < -0.3 is 4.74 Å². The van der Waals surface area contributed by atoms with Crippen LogP contribution in [0.25, 0.3) is 0 Å². The maximum Gasteiger partial charge on any atom is 0.265 e. The molecule has 20 heavy (non-hydrogen) atoms. The number of nitrogen functional groups attached to an aromatic ring is 1. The summed E-state index contributed by atoms with van der Waals surface area (Å²) in [6, 6.07) is 12.9. The second kappa shape index (κ2) is 6.88. The molecule has 0 aliphatic rings. The average molecular weight is 400 g/mol. The normalized spacial score (nSPS) is 10.2. The zero-order valence-electron chi connectivity index (χ0n) is 10.4. The van der Waals surface area contributed by atoms with Crippen molar-refractivity contribution < 1.29 is 9.53 Å². The van der Waals surface area contributed by atoms with E-state index in [2.05, 4.69) is 37.3 Å². The number of carbonyl (C=O) groups excluding carboxylic acids is 1. The summed E-state index contributed by atoms with van der Waals surface area (Å²) in [5.41, 5.74) is 3.53. The first kappa shape index (κ1) is 15.0. The number of hydrogen-bond acceptors (Lipinski definition) is 3. The summed E-state index contributed by atoms with van der Waals surface area (Å²) in [5, 5.41) is 0. The topological polar surface area (TPSA) is 64.3 Å². The Hall–Kier alpha value is -1.37. The Balaban J connectivity index is 2.08. The van der Waals surface area contributed by atoms with Crippen LogP contribution in [0.5, 0.6) is 5.75 Å². The van der Waals surface area contributed by atoms with E-state index in [4.69, 9.17) is 10.6 Å². The maximum atomic E-state index is 11.4. The lowest BCUT2D eigenvalue weighted by molar-refractivity contribution is 0.0953. The molecule has 2 aromatic rings. The highest BCUT2D eigenvalue weighted by atomic mass is 79.9. The largest absolute Gasteiger partial charge is 0.489 e. The number of amides is 1. The molecule has 0 saturated heterocycles. The van der Waals surface area contributed by atoms with Gasteiger partial charge in [0, 0.05) is 20.1 Å². The van der Waals surface area contributed by atoms with Gasteiger partial charge in [0.1, 0.15) is 12.4 Å². The molecule has 0 aliphatic carbocycles. The standard InChI is InChI=1S/C14H12Br2N2O2/c15-11-2-1-3-12(7-11)20-8-10-5-4-9(6-13(10)16)14(19)18-17/h1-7H,8,17H2,(H,18,19). The van der Waals surface area contributed by atoms with Crippen molar-refractivity contribution in [1.29, 1.82) is 0 Å². The number of benzene rings is 2. The van der Waals surface area contributed by atoms with Crippen molar-refractivity contribution in [3.63, 3.8) is 0 Å². The lowest BCUT2D eigenvalue weighted by Gasteiger charge is -2.09. The van der Waals surface area contributed by atoms with Crippen molar-refractivity contribution in [2.75, 3.05) is 0 Å². The Morgan fingerprint density at radius 1 is 1.20 bits per heavy atom. The smallest absolute Gasteiger partial charge is 0.265 e. The molecule has 0 heterocycles. The minimum atomic E-state index is -0.329. The van der Waals surface area contributed by atoms with Crippen LogP contribution in [0.2, 0.25) is 0 Å². The van der Waals surface area contributed by atoms with Gasteiger partial charge in [-0.2, -0.15) is 0 Å². The molecule has 2 rings (SSSR count). The van der Waals surface area contributed by atoms with Gasteiger partial charge in [-0.15, -0.1) is 0 Å². The number of rotatable bonds is 4. The molecular formula is C14H12Br2N2O2. The fourth-order valence-electron chi connectivity index (χ4n) is 1.61. The minimum Gasteiger partial charge on any atom is -0.489 e. The van der Waals surface area contributed by atoms with Crippen LogP contribution >= 0.6 is 31.9 Å². The van der Waals surface area contributed by atoms with Gasteiger partial charge in [0.25, 0.3) is 5.91 Å². The quantitative estimate of drug-likeness (QED) is 0.470. The molecule has 6 heteroatoms. The summed E-state index contributed by atoms with van der Waals surface area (Å²) in [5.74, 6) is 5.54. The van der Waals surface area contributed by atoms with Crippen LogP contribution in [-0.4, -0.2) is 5.91 Å². The van der Waals surface area contributed by atoms with Crippen LogP contribution in [0, 0.1) is 0 Å². The van der Waals surface area contributed by atoms with Gasteiger partial charge >= 0.3 is 0 Å². The van der Waals surface area contributed by atoms with Gasteiger partial charge in [-0.1, -0.05) is 44.0 Å². The van der Waals surface area contributed by atoms with Crippen LogP contribution < -0.4 is 16.0 Å². The molecule has 0 aliphatic heterocycles. The fraction of sp³-hybridized carbons (Fsp3) is 0.0714. The minimum absolute atomic E-state index is 0.329. The van der Waals surface area contributed by atoms with Crippen molar-refractivity contribution in [1.82, 2.24) is 5.43 Å². The first-order valence-electron chi connectivity index (χ1n) is 5.78. The second-order valence-corrected chi connectivity index (χ2v) is 5.80. The van der Waals surface area contributed by atoms with E-state index in [1.165, 1.54) is 0 Å². The number of hydrogen-bond donors (Lipinski definition) is 2. The third-order valence-electron chi connectivity index (χ3n) is 2.64. The van der Waals surface area contributed by atoms with Crippen LogP contribution in [0.1, 0.15) is 15.9 Å². The Labute approximate surface area is 133 Å². The van der Waals surface area contributed by atoms with Gasteiger partial charge in [0.15, 0.2) is 0 Å². The number of hydrazine groups is 1. The van der Waals surface area contributed by atoms with E-state index in [1.807, 2.05) is 30.3 Å². The van der Waals surface area contributed by atoms with Gasteiger partial charge in [-0.3, -0.25) is 10.2 Å². The average Bonchev–Trinajstić information content (AvgIpc) is 2.45. The molecule has 0 saturated carbocycles. The number of carbonyl (C=O) groups is 1. The molecule has 0 unspecified atom stereocenters. The zero-order chi connectivity index (χ0) is 14.5. The van der Waals surface area contributed by atoms with Gasteiger partial charge in [-0.25, -0.2) is 5.84 Å². The maximum absolute atomic E-state index is 11.4. The summed E-state index contributed by atoms with van der Waals surface area (Å²) in [6.07, 6.45) is 0. The van der Waals surface area contributed by atoms with Gasteiger partial charge in [0.05, 0.1) is 0 Å². The molecule has 0 spiro atoms. The molecule has 0 aromatic heterocycles. The molecule has 2 aromatic carbocycles. The SMILES string of the molecule is NNC(=O)c1ccc(COc2cccc(Br)c2)c(Br)c1. The van der Waals surface area contributed by atoms with Crippen molar-refractivity contribution in [2.45, 2.75) is 6.61 Å². The molecule has 0 bridgehead atoms. The number of halogens is 2. The Kier molecular flexibility index (Phi) is 5.17. The Morgan fingerprint density at radius 3 is 2.65 bits per heavy atom. The molecule has 0 fully saturated rings. The van der Waals surface area contributed by atoms with Gasteiger partial charge in [-0.05, 0) is 30.3 Å². The van der Waals surface area contributed by atoms with E-state index in [9.17, 15) is 4.79 Å². The number of nitrogens with two attached hydrogens (primary N) is 1. The highest BCUT2D eigenvalue weighted by molar-refractivity contribution is 9.10. The highest BCUT2D eigenvalue weighted by Gasteiger charge is 2.07. The fourth-order valence-corrected chi connectivity index (χ4v) is 2.48. The molecule has 3 N–H and O–H groups in total. The van der Waals surface area contributed by atoms with Crippen LogP contribution in [0.3, 0.4) is 0 Å². The Morgan fingerprint density at radius 2 is 2.00 bits per heavy atom. The summed E-state index contributed by atoms with van der Waals surface area (Å²) < 4.78 is 7.46. The first-order chi connectivity index (χ1) is 9.60. The predicted molar refractivity (Wildman–Crippen MR) is 84.3 cm³/mol. The van der Waals surface area contributed by atoms with Crippen LogP contribution in [-0.2, 0) is 6.61 Å². The van der Waals surface area contributed by atoms with E-state index in [0.29, 0.717) is 12.2 Å². The third-order valence-corrected chi connectivity index (χ3v) is 3.87. The molecule has 0 atom stereocenters. The van der Waals surface area contributed by atoms with Crippen molar-refractivity contribution in [2.24, 2.45) is 5.84 Å². The predicted octanol–water partition coefficient (Wildman–Crippen LogP) is 3.39. The van der Waals surface area contributed by atoms with Crippen molar-refractivity contribution in [3.05, 3.63) is 62.5 Å². The third kappa shape index (κ3) is 3.82. The summed E-state index contributed by atoms with van der Waals surface area (Å²) in [4.78, 5) is 11.4. The van der Waals surface area contributed by atoms with E-state index in [-0.39, 0.29) is 5.91 Å². The van der Waals surface area contributed by atoms with Gasteiger partial charge in [0.2, 0.25) is 0 Å². The molecule has 104 valence electrons. The monoisotopic (exact) mass is 398 g/mol. The zero-order valence-corrected chi connectivity index (χ0v) is 13.6. The van der Waals surface area contributed by atoms with Crippen LogP contribution in [0.4, 0.5) is 0 Å². The number of ether oxygens (including phenoxy) is 1. The molecule has 4 nitrogen and oxygen atoms in total. The van der Waals surface area contributed by atoms with E-state index in [1.54, 1.807) is 12.1 Å². The first-order valence-corrected chi connectivity index (χ1v) is 7.36. The number of nitrogens with one attached hydrogen (secondary N) is 1. The Bertz CT molecular complexity index is 632. The van der Waals surface area contributed by atoms with E-state index < -0.39 is 0 Å². The molecule has 1 amide bonds. The second-order valence-electron chi connectivity index (χ2n) is 4.03. The van der Waals surface area contributed by atoms with Crippen molar-refractivity contribution in [3.8, 4) is 5.75 Å². The summed E-state index contributed by atoms with van der Waals surface area (Å²) in [6.45, 7) is 0.404. The lowest BCUT2D eigenvalue weighted by Crippen LogP contribution is -2.29. The molecule has 0 radical (unpaired) electrons. The van der Waals surface area contributed by atoms with E-state index >= 15 is 0 Å². The van der Waals surface area contributed by atoms with Crippen LogP contribution in [0.15, 0.2) is 51.4 Å².